The SMILES string of the molecule is CC(C)CCNC(=O)C(C)N1CCC(=O)c2ccccc21. The topological polar surface area (TPSA) is 49.4 Å². The van der Waals surface area contributed by atoms with Crippen LogP contribution in [-0.2, 0) is 4.79 Å². The van der Waals surface area contributed by atoms with Gasteiger partial charge < -0.3 is 10.2 Å². The van der Waals surface area contributed by atoms with Crippen molar-refractivity contribution in [2.24, 2.45) is 5.92 Å². The molecule has 2 rings (SSSR count). The molecule has 1 aromatic carbocycles. The molecular formula is C17H24N2O2. The van der Waals surface area contributed by atoms with Crippen LogP contribution in [0.2, 0.25) is 0 Å². The summed E-state index contributed by atoms with van der Waals surface area (Å²) in [5, 5.41) is 2.99. The van der Waals surface area contributed by atoms with Gasteiger partial charge in [-0.25, -0.2) is 0 Å². The van der Waals surface area contributed by atoms with Crippen LogP contribution in [0.1, 0.15) is 44.0 Å². The minimum atomic E-state index is -0.258. The van der Waals surface area contributed by atoms with E-state index >= 15 is 0 Å². The highest BCUT2D eigenvalue weighted by molar-refractivity contribution is 6.04. The molecular weight excluding hydrogens is 264 g/mol. The molecule has 4 heteroatoms. The standard InChI is InChI=1S/C17H24N2O2/c1-12(2)8-10-18-17(21)13(3)19-11-9-16(20)14-6-4-5-7-15(14)19/h4-7,12-13H,8-11H2,1-3H3,(H,18,21). The van der Waals surface area contributed by atoms with Crippen molar-refractivity contribution in [2.45, 2.75) is 39.7 Å². The maximum atomic E-state index is 12.3. The van der Waals surface area contributed by atoms with Gasteiger partial charge in [-0.2, -0.15) is 0 Å². The number of anilines is 1. The van der Waals surface area contributed by atoms with E-state index in [1.54, 1.807) is 0 Å². The molecule has 4 nitrogen and oxygen atoms in total. The van der Waals surface area contributed by atoms with Gasteiger partial charge in [-0.3, -0.25) is 9.59 Å². The number of carbonyl (C=O) groups excluding carboxylic acids is 2. The zero-order chi connectivity index (χ0) is 15.4. The number of para-hydroxylation sites is 1. The van der Waals surface area contributed by atoms with E-state index in [0.29, 0.717) is 25.4 Å². The third-order valence-electron chi connectivity index (χ3n) is 3.96. The van der Waals surface area contributed by atoms with E-state index in [1.807, 2.05) is 36.1 Å². The molecule has 0 saturated heterocycles. The Balaban J connectivity index is 2.06. The first-order valence-corrected chi connectivity index (χ1v) is 7.67. The lowest BCUT2D eigenvalue weighted by Gasteiger charge is -2.34. The van der Waals surface area contributed by atoms with Gasteiger partial charge in [0.1, 0.15) is 6.04 Å². The number of fused-ring (bicyclic) bond motifs is 1. The molecule has 0 bridgehead atoms. The molecule has 1 aromatic rings. The van der Waals surface area contributed by atoms with Gasteiger partial charge in [0.15, 0.2) is 5.78 Å². The summed E-state index contributed by atoms with van der Waals surface area (Å²) in [5.41, 5.74) is 1.60. The fourth-order valence-corrected chi connectivity index (χ4v) is 2.61. The molecule has 0 fully saturated rings. The summed E-state index contributed by atoms with van der Waals surface area (Å²) in [5.74, 6) is 0.767. The Morgan fingerprint density at radius 1 is 1.29 bits per heavy atom. The summed E-state index contributed by atoms with van der Waals surface area (Å²) in [6.07, 6.45) is 1.45. The Hall–Kier alpha value is -1.84. The van der Waals surface area contributed by atoms with Gasteiger partial charge in [0.25, 0.3) is 0 Å². The maximum Gasteiger partial charge on any atom is 0.242 e. The van der Waals surface area contributed by atoms with Crippen LogP contribution in [0, 0.1) is 5.92 Å². The average molecular weight is 288 g/mol. The predicted molar refractivity (Wildman–Crippen MR) is 84.7 cm³/mol. The van der Waals surface area contributed by atoms with Crippen LogP contribution >= 0.6 is 0 Å². The molecule has 1 heterocycles. The van der Waals surface area contributed by atoms with Crippen LogP contribution in [0.3, 0.4) is 0 Å². The van der Waals surface area contributed by atoms with Crippen molar-refractivity contribution >= 4 is 17.4 Å². The summed E-state index contributed by atoms with van der Waals surface area (Å²) in [7, 11) is 0. The second-order valence-corrected chi connectivity index (χ2v) is 6.03. The van der Waals surface area contributed by atoms with E-state index in [-0.39, 0.29) is 17.7 Å². The lowest BCUT2D eigenvalue weighted by Crippen LogP contribution is -2.48. The Labute approximate surface area is 126 Å². The number of nitrogens with one attached hydrogen (secondary N) is 1. The van der Waals surface area contributed by atoms with Gasteiger partial charge in [-0.1, -0.05) is 26.0 Å². The minimum Gasteiger partial charge on any atom is -0.359 e. The number of carbonyl (C=O) groups is 2. The molecule has 21 heavy (non-hydrogen) atoms. The third-order valence-corrected chi connectivity index (χ3v) is 3.96. The lowest BCUT2D eigenvalue weighted by molar-refractivity contribution is -0.122. The first kappa shape index (κ1) is 15.5. The van der Waals surface area contributed by atoms with Crippen molar-refractivity contribution in [3.63, 3.8) is 0 Å². The summed E-state index contributed by atoms with van der Waals surface area (Å²) >= 11 is 0. The molecule has 0 saturated carbocycles. The number of Topliss-reactive ketones (excluding diaryl/α,β-unsaturated/α-hetero) is 1. The van der Waals surface area contributed by atoms with Crippen LogP contribution in [-0.4, -0.2) is 30.8 Å². The number of hydrogen-bond acceptors (Lipinski definition) is 3. The second-order valence-electron chi connectivity index (χ2n) is 6.03. The number of ketones is 1. The zero-order valence-electron chi connectivity index (χ0n) is 13.1. The van der Waals surface area contributed by atoms with Gasteiger partial charge in [0.2, 0.25) is 5.91 Å². The van der Waals surface area contributed by atoms with E-state index in [9.17, 15) is 9.59 Å². The van der Waals surface area contributed by atoms with Crippen molar-refractivity contribution in [3.05, 3.63) is 29.8 Å². The quantitative estimate of drug-likeness (QED) is 0.906. The van der Waals surface area contributed by atoms with Crippen LogP contribution in [0.4, 0.5) is 5.69 Å². The van der Waals surface area contributed by atoms with Crippen molar-refractivity contribution in [1.82, 2.24) is 5.32 Å². The highest BCUT2D eigenvalue weighted by Gasteiger charge is 2.28. The summed E-state index contributed by atoms with van der Waals surface area (Å²) in [6.45, 7) is 7.49. The monoisotopic (exact) mass is 288 g/mol. The van der Waals surface area contributed by atoms with Gasteiger partial charge in [-0.15, -0.1) is 0 Å². The average Bonchev–Trinajstić information content (AvgIpc) is 2.47. The number of rotatable bonds is 5. The maximum absolute atomic E-state index is 12.3. The first-order valence-electron chi connectivity index (χ1n) is 7.67. The van der Waals surface area contributed by atoms with E-state index in [4.69, 9.17) is 0 Å². The molecule has 1 aliphatic heterocycles. The van der Waals surface area contributed by atoms with Gasteiger partial charge >= 0.3 is 0 Å². The lowest BCUT2D eigenvalue weighted by atomic mass is 9.99. The fraction of sp³-hybridized carbons (Fsp3) is 0.529. The molecule has 1 N–H and O–H groups in total. The minimum absolute atomic E-state index is 0.0276. The number of benzene rings is 1. The van der Waals surface area contributed by atoms with E-state index in [0.717, 1.165) is 17.7 Å². The Kier molecular flexibility index (Phi) is 4.99. The largest absolute Gasteiger partial charge is 0.359 e. The van der Waals surface area contributed by atoms with Gasteiger partial charge in [0.05, 0.1) is 0 Å². The number of nitrogens with zero attached hydrogens (tertiary/aromatic N) is 1. The highest BCUT2D eigenvalue weighted by Crippen LogP contribution is 2.28. The molecule has 0 aromatic heterocycles. The molecule has 1 aliphatic rings. The summed E-state index contributed by atoms with van der Waals surface area (Å²) < 4.78 is 0. The van der Waals surface area contributed by atoms with Crippen molar-refractivity contribution in [2.75, 3.05) is 18.0 Å². The summed E-state index contributed by atoms with van der Waals surface area (Å²) in [6, 6.07) is 7.28. The molecule has 1 atom stereocenters. The molecule has 0 aliphatic carbocycles. The van der Waals surface area contributed by atoms with Crippen LogP contribution < -0.4 is 10.2 Å². The Bertz CT molecular complexity index is 525. The van der Waals surface area contributed by atoms with Crippen molar-refractivity contribution < 1.29 is 9.59 Å². The summed E-state index contributed by atoms with van der Waals surface area (Å²) in [4.78, 5) is 26.2. The van der Waals surface area contributed by atoms with Gasteiger partial charge in [0, 0.05) is 30.8 Å². The molecule has 1 amide bonds. The highest BCUT2D eigenvalue weighted by atomic mass is 16.2. The predicted octanol–water partition coefficient (Wildman–Crippen LogP) is 2.63. The normalized spacial score (nSPS) is 15.8. The van der Waals surface area contributed by atoms with E-state index in [1.165, 1.54) is 0 Å². The van der Waals surface area contributed by atoms with Gasteiger partial charge in [-0.05, 0) is 31.4 Å². The zero-order valence-corrected chi connectivity index (χ0v) is 13.1. The third kappa shape index (κ3) is 3.63. The molecule has 0 radical (unpaired) electrons. The van der Waals surface area contributed by atoms with Crippen molar-refractivity contribution in [1.29, 1.82) is 0 Å². The van der Waals surface area contributed by atoms with E-state index in [2.05, 4.69) is 19.2 Å². The van der Waals surface area contributed by atoms with Crippen LogP contribution in [0.25, 0.3) is 0 Å². The molecule has 114 valence electrons. The fourth-order valence-electron chi connectivity index (χ4n) is 2.61. The van der Waals surface area contributed by atoms with Crippen LogP contribution in [0.5, 0.6) is 0 Å². The smallest absolute Gasteiger partial charge is 0.242 e. The molecule has 1 unspecified atom stereocenters. The number of hydrogen-bond donors (Lipinski definition) is 1. The Morgan fingerprint density at radius 2 is 2.00 bits per heavy atom. The Morgan fingerprint density at radius 3 is 2.71 bits per heavy atom. The van der Waals surface area contributed by atoms with Crippen LogP contribution in [0.15, 0.2) is 24.3 Å². The molecule has 0 spiro atoms. The van der Waals surface area contributed by atoms with Crippen molar-refractivity contribution in [3.8, 4) is 0 Å². The second kappa shape index (κ2) is 6.74. The number of amides is 1. The first-order chi connectivity index (χ1) is 10.0. The van der Waals surface area contributed by atoms with E-state index < -0.39 is 0 Å².